The first kappa shape index (κ1) is 16.0. The van der Waals surface area contributed by atoms with Gasteiger partial charge in [-0.25, -0.2) is 9.59 Å². The summed E-state index contributed by atoms with van der Waals surface area (Å²) in [5, 5.41) is 11.1. The first-order chi connectivity index (χ1) is 8.11. The highest BCUT2D eigenvalue weighted by Crippen LogP contribution is 2.06. The van der Waals surface area contributed by atoms with E-state index in [2.05, 4.69) is 5.32 Å². The van der Waals surface area contributed by atoms with Gasteiger partial charge in [-0.1, -0.05) is 0 Å². The zero-order chi connectivity index (χ0) is 14.3. The molecule has 3 amide bonds. The summed E-state index contributed by atoms with van der Waals surface area (Å²) in [7, 11) is 0. The fourth-order valence-electron chi connectivity index (χ4n) is 1.04. The van der Waals surface area contributed by atoms with Gasteiger partial charge >= 0.3 is 12.2 Å². The molecule has 0 radical (unpaired) electrons. The van der Waals surface area contributed by atoms with Crippen LogP contribution >= 0.6 is 0 Å². The summed E-state index contributed by atoms with van der Waals surface area (Å²) in [4.78, 5) is 33.4. The van der Waals surface area contributed by atoms with E-state index < -0.39 is 30.2 Å². The van der Waals surface area contributed by atoms with Gasteiger partial charge in [-0.15, -0.1) is 0 Å². The Morgan fingerprint density at radius 1 is 1.33 bits per heavy atom. The molecular weight excluding hydrogens is 242 g/mol. The molecule has 104 valence electrons. The van der Waals surface area contributed by atoms with Crippen LogP contribution in [0.2, 0.25) is 0 Å². The minimum absolute atomic E-state index is 0.0362. The van der Waals surface area contributed by atoms with Crippen molar-refractivity contribution in [2.24, 2.45) is 5.73 Å². The number of amides is 3. The Kier molecular flexibility index (Phi) is 5.94. The number of nitrogens with zero attached hydrogens (tertiary/aromatic N) is 1. The van der Waals surface area contributed by atoms with Crippen molar-refractivity contribution in [3.63, 3.8) is 0 Å². The minimum Gasteiger partial charge on any atom is -0.465 e. The van der Waals surface area contributed by atoms with Gasteiger partial charge in [-0.3, -0.25) is 9.69 Å². The number of rotatable bonds is 5. The van der Waals surface area contributed by atoms with Crippen molar-refractivity contribution in [2.75, 3.05) is 19.6 Å². The van der Waals surface area contributed by atoms with Crippen LogP contribution in [0.3, 0.4) is 0 Å². The fourth-order valence-corrected chi connectivity index (χ4v) is 1.04. The molecule has 0 saturated heterocycles. The molecule has 0 heterocycles. The van der Waals surface area contributed by atoms with E-state index in [9.17, 15) is 14.4 Å². The van der Waals surface area contributed by atoms with Crippen LogP contribution in [0.5, 0.6) is 0 Å². The predicted molar refractivity (Wildman–Crippen MR) is 63.0 cm³/mol. The second-order valence-electron chi connectivity index (χ2n) is 4.60. The Morgan fingerprint density at radius 3 is 2.28 bits per heavy atom. The van der Waals surface area contributed by atoms with Crippen LogP contribution in [0.25, 0.3) is 0 Å². The molecule has 0 aliphatic heterocycles. The molecule has 0 aliphatic rings. The maximum absolute atomic E-state index is 11.2. The van der Waals surface area contributed by atoms with Crippen molar-refractivity contribution in [2.45, 2.75) is 26.4 Å². The van der Waals surface area contributed by atoms with Gasteiger partial charge in [0.1, 0.15) is 12.1 Å². The molecule has 0 aromatic heterocycles. The maximum atomic E-state index is 11.2. The number of nitrogens with one attached hydrogen (secondary N) is 1. The average molecular weight is 261 g/mol. The van der Waals surface area contributed by atoms with Gasteiger partial charge in [-0.05, 0) is 20.8 Å². The number of alkyl carbamates (subject to hydrolysis) is 1. The lowest BCUT2D eigenvalue weighted by Gasteiger charge is -2.21. The molecule has 0 aromatic rings. The van der Waals surface area contributed by atoms with E-state index in [1.54, 1.807) is 20.8 Å². The summed E-state index contributed by atoms with van der Waals surface area (Å²) in [6.07, 6.45) is -1.92. The molecular formula is C10H19N3O5. The van der Waals surface area contributed by atoms with Crippen LogP contribution in [-0.2, 0) is 9.53 Å². The lowest BCUT2D eigenvalue weighted by Crippen LogP contribution is -2.43. The summed E-state index contributed by atoms with van der Waals surface area (Å²) in [5.74, 6) is -0.755. The number of ether oxygens (including phenoxy) is 1. The average Bonchev–Trinajstić information content (AvgIpc) is 2.12. The van der Waals surface area contributed by atoms with E-state index in [1.165, 1.54) is 0 Å². The lowest BCUT2D eigenvalue weighted by molar-refractivity contribution is -0.118. The normalized spacial score (nSPS) is 10.6. The van der Waals surface area contributed by atoms with E-state index in [0.29, 0.717) is 0 Å². The largest absolute Gasteiger partial charge is 0.465 e. The lowest BCUT2D eigenvalue weighted by atomic mass is 10.2. The first-order valence-electron chi connectivity index (χ1n) is 5.35. The summed E-state index contributed by atoms with van der Waals surface area (Å²) < 4.78 is 4.95. The highest BCUT2D eigenvalue weighted by Gasteiger charge is 2.17. The Morgan fingerprint density at radius 2 is 1.89 bits per heavy atom. The van der Waals surface area contributed by atoms with E-state index >= 15 is 0 Å². The predicted octanol–water partition coefficient (Wildman–Crippen LogP) is -0.0236. The number of hydrogen-bond acceptors (Lipinski definition) is 4. The molecule has 8 heteroatoms. The second kappa shape index (κ2) is 6.67. The highest BCUT2D eigenvalue weighted by atomic mass is 16.6. The molecule has 8 nitrogen and oxygen atoms in total. The zero-order valence-electron chi connectivity index (χ0n) is 10.7. The fraction of sp³-hybridized carbons (Fsp3) is 0.700. The molecule has 0 spiro atoms. The number of carbonyl (C=O) groups excluding carboxylic acids is 2. The first-order valence-corrected chi connectivity index (χ1v) is 5.35. The van der Waals surface area contributed by atoms with Gasteiger partial charge in [0.25, 0.3) is 0 Å². The maximum Gasteiger partial charge on any atom is 0.407 e. The van der Waals surface area contributed by atoms with Gasteiger partial charge < -0.3 is 20.9 Å². The van der Waals surface area contributed by atoms with Crippen molar-refractivity contribution in [1.82, 2.24) is 10.2 Å². The molecule has 0 aliphatic carbocycles. The second-order valence-corrected chi connectivity index (χ2v) is 4.60. The van der Waals surface area contributed by atoms with Gasteiger partial charge in [0.2, 0.25) is 5.91 Å². The number of carboxylic acid groups (broad SMARTS) is 1. The van der Waals surface area contributed by atoms with Gasteiger partial charge in [0, 0.05) is 13.1 Å². The molecule has 0 aromatic carbocycles. The Hall–Kier alpha value is -1.99. The quantitative estimate of drug-likeness (QED) is 0.641. The van der Waals surface area contributed by atoms with E-state index in [-0.39, 0.29) is 13.1 Å². The van der Waals surface area contributed by atoms with Crippen LogP contribution in [0.1, 0.15) is 20.8 Å². The van der Waals surface area contributed by atoms with Crippen molar-refractivity contribution in [3.8, 4) is 0 Å². The molecule has 0 unspecified atom stereocenters. The van der Waals surface area contributed by atoms with Crippen molar-refractivity contribution in [1.29, 1.82) is 0 Å². The Bertz CT molecular complexity index is 324. The molecule has 0 bridgehead atoms. The third-order valence-electron chi connectivity index (χ3n) is 1.67. The molecule has 0 rings (SSSR count). The van der Waals surface area contributed by atoms with E-state index in [0.717, 1.165) is 4.90 Å². The Labute approximate surface area is 105 Å². The summed E-state index contributed by atoms with van der Waals surface area (Å²) in [6, 6.07) is 0. The van der Waals surface area contributed by atoms with Crippen LogP contribution in [-0.4, -0.2) is 53.3 Å². The third-order valence-corrected chi connectivity index (χ3v) is 1.67. The number of primary amides is 1. The number of hydrogen-bond donors (Lipinski definition) is 3. The summed E-state index contributed by atoms with van der Waals surface area (Å²) in [6.45, 7) is 4.72. The SMILES string of the molecule is CC(C)(C)OC(=O)NCCN(CC(N)=O)C(=O)O. The smallest absolute Gasteiger partial charge is 0.407 e. The molecule has 4 N–H and O–H groups in total. The standard InChI is InChI=1S/C10H19N3O5/c1-10(2,3)18-8(15)12-4-5-13(9(16)17)6-7(11)14/h4-6H2,1-3H3,(H2,11,14)(H,12,15)(H,16,17). The number of nitrogens with two attached hydrogens (primary N) is 1. The van der Waals surface area contributed by atoms with Crippen molar-refractivity contribution < 1.29 is 24.2 Å². The van der Waals surface area contributed by atoms with Crippen LogP contribution in [0.4, 0.5) is 9.59 Å². The third kappa shape index (κ3) is 8.20. The molecule has 0 fully saturated rings. The monoisotopic (exact) mass is 261 g/mol. The van der Waals surface area contributed by atoms with E-state index in [1.807, 2.05) is 0 Å². The Balaban J connectivity index is 4.03. The van der Waals surface area contributed by atoms with Crippen molar-refractivity contribution in [3.05, 3.63) is 0 Å². The molecule has 18 heavy (non-hydrogen) atoms. The van der Waals surface area contributed by atoms with E-state index in [4.69, 9.17) is 15.6 Å². The van der Waals surface area contributed by atoms with Crippen molar-refractivity contribution >= 4 is 18.1 Å². The molecule has 0 saturated carbocycles. The molecule has 0 atom stereocenters. The van der Waals surface area contributed by atoms with Gasteiger partial charge in [0.05, 0.1) is 0 Å². The summed E-state index contributed by atoms with van der Waals surface area (Å²) >= 11 is 0. The van der Waals surface area contributed by atoms with Crippen LogP contribution in [0.15, 0.2) is 0 Å². The van der Waals surface area contributed by atoms with Crippen LogP contribution in [0, 0.1) is 0 Å². The highest BCUT2D eigenvalue weighted by molar-refractivity contribution is 5.80. The van der Waals surface area contributed by atoms with Gasteiger partial charge in [0.15, 0.2) is 0 Å². The van der Waals surface area contributed by atoms with Crippen LogP contribution < -0.4 is 11.1 Å². The summed E-state index contributed by atoms with van der Waals surface area (Å²) in [5.41, 5.74) is 4.27. The minimum atomic E-state index is -1.28. The number of carbonyl (C=O) groups is 3. The van der Waals surface area contributed by atoms with Gasteiger partial charge in [-0.2, -0.15) is 0 Å². The zero-order valence-corrected chi connectivity index (χ0v) is 10.7. The topological polar surface area (TPSA) is 122 Å².